The molecule has 2 unspecified atom stereocenters. The first kappa shape index (κ1) is 12.5. The van der Waals surface area contributed by atoms with Gasteiger partial charge >= 0.3 is 5.97 Å². The van der Waals surface area contributed by atoms with Crippen LogP contribution in [0.25, 0.3) is 0 Å². The molecule has 0 bridgehead atoms. The second-order valence-corrected chi connectivity index (χ2v) is 4.39. The zero-order valence-electron chi connectivity index (χ0n) is 9.61. The quantitative estimate of drug-likeness (QED) is 0.723. The lowest BCUT2D eigenvalue weighted by atomic mass is 10.1. The minimum Gasteiger partial charge on any atom is -0.481 e. The molecule has 1 saturated heterocycles. The maximum Gasteiger partial charge on any atom is 0.303 e. The SMILES string of the molecule is COCC1CCN(C(C)CCC(=O)O)C1. The molecule has 1 N–H and O–H groups in total. The molecule has 1 aliphatic rings. The third kappa shape index (κ3) is 4.18. The average molecular weight is 215 g/mol. The van der Waals surface area contributed by atoms with Crippen molar-refractivity contribution in [1.29, 1.82) is 0 Å². The summed E-state index contributed by atoms with van der Waals surface area (Å²) < 4.78 is 5.13. The van der Waals surface area contributed by atoms with E-state index in [-0.39, 0.29) is 6.42 Å². The van der Waals surface area contributed by atoms with E-state index in [1.54, 1.807) is 7.11 Å². The van der Waals surface area contributed by atoms with E-state index in [0.29, 0.717) is 12.0 Å². The molecule has 1 aliphatic heterocycles. The Morgan fingerprint density at radius 3 is 3.00 bits per heavy atom. The number of hydrogen-bond donors (Lipinski definition) is 1. The summed E-state index contributed by atoms with van der Waals surface area (Å²) in [7, 11) is 1.73. The fourth-order valence-electron chi connectivity index (χ4n) is 2.15. The van der Waals surface area contributed by atoms with E-state index in [1.807, 2.05) is 0 Å². The Labute approximate surface area is 91.2 Å². The van der Waals surface area contributed by atoms with Gasteiger partial charge in [-0.05, 0) is 32.2 Å². The summed E-state index contributed by atoms with van der Waals surface area (Å²) in [5.41, 5.74) is 0. The normalized spacial score (nSPS) is 24.3. The zero-order valence-corrected chi connectivity index (χ0v) is 9.61. The van der Waals surface area contributed by atoms with Crippen LogP contribution in [-0.4, -0.2) is 48.8 Å². The van der Waals surface area contributed by atoms with E-state index in [9.17, 15) is 4.79 Å². The molecule has 0 aromatic rings. The van der Waals surface area contributed by atoms with Crippen LogP contribution in [-0.2, 0) is 9.53 Å². The highest BCUT2D eigenvalue weighted by Crippen LogP contribution is 2.20. The Morgan fingerprint density at radius 1 is 1.67 bits per heavy atom. The zero-order chi connectivity index (χ0) is 11.3. The summed E-state index contributed by atoms with van der Waals surface area (Å²) in [5.74, 6) is -0.0724. The number of hydrogen-bond acceptors (Lipinski definition) is 3. The van der Waals surface area contributed by atoms with Crippen molar-refractivity contribution in [3.8, 4) is 0 Å². The molecule has 1 rings (SSSR count). The van der Waals surface area contributed by atoms with E-state index in [1.165, 1.54) is 6.42 Å². The van der Waals surface area contributed by atoms with E-state index in [0.717, 1.165) is 26.1 Å². The van der Waals surface area contributed by atoms with Gasteiger partial charge in [0.2, 0.25) is 0 Å². The molecule has 15 heavy (non-hydrogen) atoms. The van der Waals surface area contributed by atoms with Gasteiger partial charge in [-0.25, -0.2) is 0 Å². The molecule has 0 aliphatic carbocycles. The monoisotopic (exact) mass is 215 g/mol. The first-order valence-corrected chi connectivity index (χ1v) is 5.58. The molecule has 0 radical (unpaired) electrons. The van der Waals surface area contributed by atoms with E-state index in [2.05, 4.69) is 11.8 Å². The van der Waals surface area contributed by atoms with Gasteiger partial charge < -0.3 is 14.7 Å². The summed E-state index contributed by atoms with van der Waals surface area (Å²) in [6.45, 7) is 5.06. The number of methoxy groups -OCH3 is 1. The Hall–Kier alpha value is -0.610. The van der Waals surface area contributed by atoms with Gasteiger partial charge in [-0.1, -0.05) is 0 Å². The van der Waals surface area contributed by atoms with Gasteiger partial charge in [0.1, 0.15) is 0 Å². The minimum atomic E-state index is -0.700. The largest absolute Gasteiger partial charge is 0.481 e. The summed E-state index contributed by atoms with van der Waals surface area (Å²) in [4.78, 5) is 12.8. The summed E-state index contributed by atoms with van der Waals surface area (Å²) in [6.07, 6.45) is 2.19. The third-order valence-corrected chi connectivity index (χ3v) is 3.12. The van der Waals surface area contributed by atoms with Gasteiger partial charge in [0, 0.05) is 26.1 Å². The molecule has 0 saturated carbocycles. The van der Waals surface area contributed by atoms with Crippen LogP contribution in [0.3, 0.4) is 0 Å². The molecule has 0 aromatic carbocycles. The lowest BCUT2D eigenvalue weighted by molar-refractivity contribution is -0.137. The van der Waals surface area contributed by atoms with Crippen LogP contribution in [0.2, 0.25) is 0 Å². The highest BCUT2D eigenvalue weighted by atomic mass is 16.5. The molecule has 1 heterocycles. The van der Waals surface area contributed by atoms with Gasteiger partial charge in [-0.2, -0.15) is 0 Å². The van der Waals surface area contributed by atoms with Crippen LogP contribution in [0, 0.1) is 5.92 Å². The number of carbonyl (C=O) groups is 1. The van der Waals surface area contributed by atoms with Crippen molar-refractivity contribution in [2.75, 3.05) is 26.8 Å². The lowest BCUT2D eigenvalue weighted by Crippen LogP contribution is -2.31. The molecule has 2 atom stereocenters. The van der Waals surface area contributed by atoms with Gasteiger partial charge in [-0.3, -0.25) is 4.79 Å². The Bertz CT molecular complexity index is 208. The second-order valence-electron chi connectivity index (χ2n) is 4.39. The van der Waals surface area contributed by atoms with E-state index < -0.39 is 5.97 Å². The summed E-state index contributed by atoms with van der Waals surface area (Å²) in [5, 5.41) is 8.60. The van der Waals surface area contributed by atoms with Gasteiger partial charge in [0.05, 0.1) is 6.61 Å². The Morgan fingerprint density at radius 2 is 2.40 bits per heavy atom. The topological polar surface area (TPSA) is 49.8 Å². The standard InChI is InChI=1S/C11H21NO3/c1-9(3-4-11(13)14)12-6-5-10(7-12)8-15-2/h9-10H,3-8H2,1-2H3,(H,13,14). The molecular formula is C11H21NO3. The van der Waals surface area contributed by atoms with Gasteiger partial charge in [-0.15, -0.1) is 0 Å². The average Bonchev–Trinajstić information content (AvgIpc) is 2.63. The Balaban J connectivity index is 2.23. The summed E-state index contributed by atoms with van der Waals surface area (Å²) in [6, 6.07) is 0.378. The maximum atomic E-state index is 10.4. The number of carboxylic acid groups (broad SMARTS) is 1. The van der Waals surface area contributed by atoms with Gasteiger partial charge in [0.15, 0.2) is 0 Å². The smallest absolute Gasteiger partial charge is 0.303 e. The minimum absolute atomic E-state index is 0.270. The predicted molar refractivity (Wildman–Crippen MR) is 57.9 cm³/mol. The molecular weight excluding hydrogens is 194 g/mol. The van der Waals surface area contributed by atoms with Crippen LogP contribution >= 0.6 is 0 Å². The molecule has 4 nitrogen and oxygen atoms in total. The fourth-order valence-corrected chi connectivity index (χ4v) is 2.15. The number of nitrogens with zero attached hydrogens (tertiary/aromatic N) is 1. The predicted octanol–water partition coefficient (Wildman–Crippen LogP) is 1.21. The molecule has 0 spiro atoms. The van der Waals surface area contributed by atoms with Crippen LogP contribution in [0.4, 0.5) is 0 Å². The molecule has 0 aromatic heterocycles. The first-order chi connectivity index (χ1) is 7.13. The Kier molecular flexibility index (Phi) is 5.05. The highest BCUT2D eigenvalue weighted by Gasteiger charge is 2.25. The lowest BCUT2D eigenvalue weighted by Gasteiger charge is -2.23. The van der Waals surface area contributed by atoms with Crippen LogP contribution in [0.5, 0.6) is 0 Å². The maximum absolute atomic E-state index is 10.4. The number of aliphatic carboxylic acids is 1. The van der Waals surface area contributed by atoms with E-state index in [4.69, 9.17) is 9.84 Å². The van der Waals surface area contributed by atoms with Crippen molar-refractivity contribution in [2.24, 2.45) is 5.92 Å². The molecule has 0 amide bonds. The van der Waals surface area contributed by atoms with Crippen molar-refractivity contribution in [3.05, 3.63) is 0 Å². The van der Waals surface area contributed by atoms with Crippen molar-refractivity contribution >= 4 is 5.97 Å². The number of carboxylic acids is 1. The van der Waals surface area contributed by atoms with Crippen LogP contribution < -0.4 is 0 Å². The van der Waals surface area contributed by atoms with Crippen molar-refractivity contribution in [3.63, 3.8) is 0 Å². The number of likely N-dealkylation sites (tertiary alicyclic amines) is 1. The van der Waals surface area contributed by atoms with Crippen LogP contribution in [0.15, 0.2) is 0 Å². The summed E-state index contributed by atoms with van der Waals surface area (Å²) >= 11 is 0. The second kappa shape index (κ2) is 6.08. The molecule has 1 fully saturated rings. The van der Waals surface area contributed by atoms with Crippen molar-refractivity contribution in [1.82, 2.24) is 4.90 Å². The van der Waals surface area contributed by atoms with Crippen molar-refractivity contribution in [2.45, 2.75) is 32.2 Å². The molecule has 88 valence electrons. The van der Waals surface area contributed by atoms with E-state index >= 15 is 0 Å². The highest BCUT2D eigenvalue weighted by molar-refractivity contribution is 5.66. The first-order valence-electron chi connectivity index (χ1n) is 5.58. The molecule has 4 heteroatoms. The fraction of sp³-hybridized carbons (Fsp3) is 0.909. The van der Waals surface area contributed by atoms with Gasteiger partial charge in [0.25, 0.3) is 0 Å². The van der Waals surface area contributed by atoms with Crippen LogP contribution in [0.1, 0.15) is 26.2 Å². The van der Waals surface area contributed by atoms with Crippen molar-refractivity contribution < 1.29 is 14.6 Å². The third-order valence-electron chi connectivity index (χ3n) is 3.12. The number of rotatable bonds is 6. The number of ether oxygens (including phenoxy) is 1.